The summed E-state index contributed by atoms with van der Waals surface area (Å²) in [6.07, 6.45) is 0. The van der Waals surface area contributed by atoms with Gasteiger partial charge >= 0.3 is 5.97 Å². The van der Waals surface area contributed by atoms with Crippen LogP contribution in [0.2, 0.25) is 0 Å². The minimum absolute atomic E-state index is 0.493. The molecule has 1 unspecified atom stereocenters. The molecule has 0 aliphatic rings. The van der Waals surface area contributed by atoms with E-state index in [2.05, 4.69) is 6.92 Å². The molecule has 0 aromatic heterocycles. The molecular formula is C13H19NO2. The molecule has 0 bridgehead atoms. The molecule has 0 heterocycles. The Kier molecular flexibility index (Phi) is 3.93. The first-order chi connectivity index (χ1) is 7.47. The zero-order valence-corrected chi connectivity index (χ0v) is 10.3. The van der Waals surface area contributed by atoms with Gasteiger partial charge in [-0.2, -0.15) is 0 Å². The molecule has 3 heteroatoms. The topological polar surface area (TPSA) is 40.5 Å². The van der Waals surface area contributed by atoms with E-state index in [-0.39, 0.29) is 0 Å². The smallest absolute Gasteiger partial charge is 0.326 e. The van der Waals surface area contributed by atoms with Crippen LogP contribution in [0, 0.1) is 13.8 Å². The van der Waals surface area contributed by atoms with Crippen LogP contribution in [0.3, 0.4) is 0 Å². The van der Waals surface area contributed by atoms with Crippen LogP contribution >= 0.6 is 0 Å². The Morgan fingerprint density at radius 1 is 1.38 bits per heavy atom. The van der Waals surface area contributed by atoms with Crippen LogP contribution in [-0.4, -0.2) is 23.7 Å². The van der Waals surface area contributed by atoms with E-state index in [1.54, 1.807) is 6.92 Å². The summed E-state index contributed by atoms with van der Waals surface area (Å²) in [5.41, 5.74) is 3.39. The summed E-state index contributed by atoms with van der Waals surface area (Å²) in [5.74, 6) is -0.792. The Morgan fingerprint density at radius 3 is 2.44 bits per heavy atom. The predicted octanol–water partition coefficient (Wildman–Crippen LogP) is 2.60. The van der Waals surface area contributed by atoms with Crippen LogP contribution < -0.4 is 4.90 Å². The molecule has 0 saturated heterocycles. The van der Waals surface area contributed by atoms with Crippen molar-refractivity contribution < 1.29 is 9.90 Å². The Bertz CT molecular complexity index is 388. The summed E-state index contributed by atoms with van der Waals surface area (Å²) in [4.78, 5) is 12.9. The highest BCUT2D eigenvalue weighted by Gasteiger charge is 2.19. The molecule has 0 saturated carbocycles. The van der Waals surface area contributed by atoms with Crippen LogP contribution in [0.5, 0.6) is 0 Å². The van der Waals surface area contributed by atoms with Crippen LogP contribution in [0.15, 0.2) is 18.2 Å². The number of anilines is 1. The van der Waals surface area contributed by atoms with Crippen molar-refractivity contribution in [3.05, 3.63) is 29.3 Å². The van der Waals surface area contributed by atoms with Crippen LogP contribution in [-0.2, 0) is 4.79 Å². The molecule has 0 spiro atoms. The van der Waals surface area contributed by atoms with Gasteiger partial charge in [0.05, 0.1) is 0 Å². The standard InChI is InChI=1S/C13H19NO2/c1-5-14(11(4)13(15)16)12-7-6-9(2)10(3)8-12/h6-8,11H,5H2,1-4H3,(H,15,16). The molecule has 1 aromatic carbocycles. The van der Waals surface area contributed by atoms with Gasteiger partial charge in [-0.1, -0.05) is 6.07 Å². The average molecular weight is 221 g/mol. The van der Waals surface area contributed by atoms with Gasteiger partial charge in [0.25, 0.3) is 0 Å². The van der Waals surface area contributed by atoms with Crippen molar-refractivity contribution in [3.8, 4) is 0 Å². The largest absolute Gasteiger partial charge is 0.480 e. The van der Waals surface area contributed by atoms with Crippen molar-refractivity contribution in [2.45, 2.75) is 33.7 Å². The molecule has 0 amide bonds. The minimum Gasteiger partial charge on any atom is -0.480 e. The van der Waals surface area contributed by atoms with Gasteiger partial charge < -0.3 is 10.0 Å². The van der Waals surface area contributed by atoms with Crippen molar-refractivity contribution in [2.24, 2.45) is 0 Å². The van der Waals surface area contributed by atoms with Crippen LogP contribution in [0.4, 0.5) is 5.69 Å². The van der Waals surface area contributed by atoms with Gasteiger partial charge in [-0.15, -0.1) is 0 Å². The molecule has 1 aromatic rings. The third-order valence-corrected chi connectivity index (χ3v) is 2.99. The van der Waals surface area contributed by atoms with Crippen LogP contribution in [0.1, 0.15) is 25.0 Å². The van der Waals surface area contributed by atoms with Gasteiger partial charge in [-0.3, -0.25) is 0 Å². The first-order valence-electron chi connectivity index (χ1n) is 5.54. The zero-order chi connectivity index (χ0) is 12.3. The van der Waals surface area contributed by atoms with Crippen molar-refractivity contribution in [3.63, 3.8) is 0 Å². The number of carboxylic acids is 1. The molecule has 88 valence electrons. The molecule has 1 N–H and O–H groups in total. The summed E-state index contributed by atoms with van der Waals surface area (Å²) in [7, 11) is 0. The van der Waals surface area contributed by atoms with Gasteiger partial charge in [0.1, 0.15) is 6.04 Å². The molecule has 1 rings (SSSR count). The SMILES string of the molecule is CCN(c1ccc(C)c(C)c1)C(C)C(=O)O. The Morgan fingerprint density at radius 2 is 2.00 bits per heavy atom. The molecule has 0 aliphatic carbocycles. The summed E-state index contributed by atoms with van der Waals surface area (Å²) >= 11 is 0. The Labute approximate surface area is 96.7 Å². The van der Waals surface area contributed by atoms with E-state index < -0.39 is 12.0 Å². The number of hydrogen-bond acceptors (Lipinski definition) is 2. The lowest BCUT2D eigenvalue weighted by Crippen LogP contribution is -2.38. The number of carbonyl (C=O) groups is 1. The van der Waals surface area contributed by atoms with Gasteiger partial charge in [0.15, 0.2) is 0 Å². The molecule has 0 fully saturated rings. The fourth-order valence-electron chi connectivity index (χ4n) is 1.72. The maximum absolute atomic E-state index is 11.0. The van der Waals surface area contributed by atoms with Crippen molar-refractivity contribution in [1.82, 2.24) is 0 Å². The number of likely N-dealkylation sites (N-methyl/N-ethyl adjacent to an activating group) is 1. The first-order valence-corrected chi connectivity index (χ1v) is 5.54. The van der Waals surface area contributed by atoms with E-state index in [1.165, 1.54) is 11.1 Å². The lowest BCUT2D eigenvalue weighted by molar-refractivity contribution is -0.138. The Hall–Kier alpha value is -1.51. The fraction of sp³-hybridized carbons (Fsp3) is 0.462. The first kappa shape index (κ1) is 12.6. The fourth-order valence-corrected chi connectivity index (χ4v) is 1.72. The number of benzene rings is 1. The summed E-state index contributed by atoms with van der Waals surface area (Å²) in [6.45, 7) is 8.46. The lowest BCUT2D eigenvalue weighted by Gasteiger charge is -2.27. The quantitative estimate of drug-likeness (QED) is 0.849. The summed E-state index contributed by atoms with van der Waals surface area (Å²) in [5, 5.41) is 9.03. The number of carboxylic acid groups (broad SMARTS) is 1. The van der Waals surface area contributed by atoms with E-state index in [9.17, 15) is 4.79 Å². The number of aliphatic carboxylic acids is 1. The van der Waals surface area contributed by atoms with Crippen LogP contribution in [0.25, 0.3) is 0 Å². The highest BCUT2D eigenvalue weighted by atomic mass is 16.4. The average Bonchev–Trinajstić information content (AvgIpc) is 2.24. The zero-order valence-electron chi connectivity index (χ0n) is 10.3. The normalized spacial score (nSPS) is 12.2. The van der Waals surface area contributed by atoms with Crippen molar-refractivity contribution >= 4 is 11.7 Å². The molecule has 0 aliphatic heterocycles. The number of nitrogens with zero attached hydrogens (tertiary/aromatic N) is 1. The molecular weight excluding hydrogens is 202 g/mol. The maximum atomic E-state index is 11.0. The highest BCUT2D eigenvalue weighted by molar-refractivity contribution is 5.77. The molecule has 1 atom stereocenters. The van der Waals surface area contributed by atoms with Gasteiger partial charge in [0, 0.05) is 12.2 Å². The van der Waals surface area contributed by atoms with E-state index in [0.717, 1.165) is 5.69 Å². The molecule has 3 nitrogen and oxygen atoms in total. The molecule has 0 radical (unpaired) electrons. The second-order valence-corrected chi connectivity index (χ2v) is 4.07. The van der Waals surface area contributed by atoms with Gasteiger partial charge in [-0.05, 0) is 51.0 Å². The van der Waals surface area contributed by atoms with E-state index in [0.29, 0.717) is 6.54 Å². The van der Waals surface area contributed by atoms with E-state index in [4.69, 9.17) is 5.11 Å². The highest BCUT2D eigenvalue weighted by Crippen LogP contribution is 2.20. The second kappa shape index (κ2) is 5.01. The Balaban J connectivity index is 3.04. The number of hydrogen-bond donors (Lipinski definition) is 1. The number of aryl methyl sites for hydroxylation is 2. The van der Waals surface area contributed by atoms with Crippen molar-refractivity contribution in [2.75, 3.05) is 11.4 Å². The van der Waals surface area contributed by atoms with Gasteiger partial charge in [0.2, 0.25) is 0 Å². The molecule has 16 heavy (non-hydrogen) atoms. The van der Waals surface area contributed by atoms with E-state index >= 15 is 0 Å². The third-order valence-electron chi connectivity index (χ3n) is 2.99. The van der Waals surface area contributed by atoms with Gasteiger partial charge in [-0.25, -0.2) is 4.79 Å². The monoisotopic (exact) mass is 221 g/mol. The summed E-state index contributed by atoms with van der Waals surface area (Å²) in [6, 6.07) is 5.55. The van der Waals surface area contributed by atoms with E-state index in [1.807, 2.05) is 36.9 Å². The number of rotatable bonds is 4. The second-order valence-electron chi connectivity index (χ2n) is 4.07. The van der Waals surface area contributed by atoms with Crippen molar-refractivity contribution in [1.29, 1.82) is 0 Å². The summed E-state index contributed by atoms with van der Waals surface area (Å²) < 4.78 is 0. The predicted molar refractivity (Wildman–Crippen MR) is 66.0 cm³/mol. The maximum Gasteiger partial charge on any atom is 0.326 e. The lowest BCUT2D eigenvalue weighted by atomic mass is 10.1. The minimum atomic E-state index is -0.792. The third kappa shape index (κ3) is 2.54.